The molecule has 0 bridgehead atoms. The van der Waals surface area contributed by atoms with Crippen molar-refractivity contribution in [2.24, 2.45) is 0 Å². The maximum Gasteiger partial charge on any atom is 0.291 e. The van der Waals surface area contributed by atoms with Crippen LogP contribution in [0.4, 0.5) is 5.69 Å². The molecule has 152 valence electrons. The highest BCUT2D eigenvalue weighted by molar-refractivity contribution is 6.31. The van der Waals surface area contributed by atoms with E-state index in [0.717, 1.165) is 54.0 Å². The van der Waals surface area contributed by atoms with Crippen LogP contribution in [0.25, 0.3) is 22.4 Å². The van der Waals surface area contributed by atoms with Gasteiger partial charge in [0.1, 0.15) is 11.4 Å². The summed E-state index contributed by atoms with van der Waals surface area (Å²) in [5.74, 6) is 1.87. The van der Waals surface area contributed by atoms with E-state index in [9.17, 15) is 4.79 Å². The third-order valence-electron chi connectivity index (χ3n) is 5.59. The highest BCUT2D eigenvalue weighted by Gasteiger charge is 2.19. The Hall–Kier alpha value is -3.12. The topological polar surface area (TPSA) is 73.0 Å². The van der Waals surface area contributed by atoms with Crippen molar-refractivity contribution in [2.75, 3.05) is 5.32 Å². The van der Waals surface area contributed by atoms with E-state index in [1.165, 1.54) is 6.42 Å². The van der Waals surface area contributed by atoms with E-state index >= 15 is 0 Å². The van der Waals surface area contributed by atoms with Gasteiger partial charge in [0.05, 0.1) is 0 Å². The Bertz CT molecular complexity index is 1260. The number of benzene rings is 2. The van der Waals surface area contributed by atoms with Crippen molar-refractivity contribution in [2.45, 2.75) is 39.2 Å². The standard InChI is InChI=1S/C23H21ClN4O2/c1-14-18-13-16(24)9-10-19(18)30-21(14)23(29)25-17-7-5-6-15(12-17)22-27-26-20-8-3-2-4-11-28(20)22/h5-7,9-10,12-13H,2-4,8,11H2,1H3,(H,25,29). The summed E-state index contributed by atoms with van der Waals surface area (Å²) in [7, 11) is 0. The van der Waals surface area contributed by atoms with Crippen LogP contribution in [-0.2, 0) is 13.0 Å². The molecular formula is C23H21ClN4O2. The van der Waals surface area contributed by atoms with E-state index in [-0.39, 0.29) is 11.7 Å². The fourth-order valence-electron chi connectivity index (χ4n) is 4.03. The number of carbonyl (C=O) groups is 1. The smallest absolute Gasteiger partial charge is 0.291 e. The van der Waals surface area contributed by atoms with Crippen LogP contribution in [0.5, 0.6) is 0 Å². The van der Waals surface area contributed by atoms with Gasteiger partial charge in [0.2, 0.25) is 0 Å². The lowest BCUT2D eigenvalue weighted by molar-refractivity contribution is 0.0998. The lowest BCUT2D eigenvalue weighted by atomic mass is 10.1. The summed E-state index contributed by atoms with van der Waals surface area (Å²) in [6.45, 7) is 2.79. The quantitative estimate of drug-likeness (QED) is 0.466. The number of nitrogens with one attached hydrogen (secondary N) is 1. The Labute approximate surface area is 178 Å². The average Bonchev–Trinajstić information content (AvgIpc) is 3.20. The molecule has 7 heteroatoms. The summed E-state index contributed by atoms with van der Waals surface area (Å²) < 4.78 is 7.98. The van der Waals surface area contributed by atoms with Gasteiger partial charge in [-0.25, -0.2) is 0 Å². The number of hydrogen-bond donors (Lipinski definition) is 1. The van der Waals surface area contributed by atoms with Gasteiger partial charge >= 0.3 is 0 Å². The first-order valence-electron chi connectivity index (χ1n) is 10.1. The first-order chi connectivity index (χ1) is 14.6. The van der Waals surface area contributed by atoms with Crippen molar-refractivity contribution in [1.82, 2.24) is 14.8 Å². The number of amides is 1. The first kappa shape index (κ1) is 18.9. The monoisotopic (exact) mass is 420 g/mol. The Kier molecular flexibility index (Phi) is 4.79. The number of fused-ring (bicyclic) bond motifs is 2. The van der Waals surface area contributed by atoms with Crippen LogP contribution in [0, 0.1) is 6.92 Å². The molecular weight excluding hydrogens is 400 g/mol. The second-order valence-corrected chi connectivity index (χ2v) is 8.07. The van der Waals surface area contributed by atoms with Gasteiger partial charge in [0.15, 0.2) is 11.6 Å². The maximum absolute atomic E-state index is 12.9. The second kappa shape index (κ2) is 7.61. The van der Waals surface area contributed by atoms with Gasteiger partial charge in [-0.2, -0.15) is 0 Å². The van der Waals surface area contributed by atoms with Crippen LogP contribution >= 0.6 is 11.6 Å². The van der Waals surface area contributed by atoms with Crippen LogP contribution in [0.2, 0.25) is 5.02 Å². The van der Waals surface area contributed by atoms with Crippen molar-refractivity contribution in [3.63, 3.8) is 0 Å². The lowest BCUT2D eigenvalue weighted by Gasteiger charge is -2.09. The zero-order valence-corrected chi connectivity index (χ0v) is 17.4. The van der Waals surface area contributed by atoms with Crippen molar-refractivity contribution in [1.29, 1.82) is 0 Å². The molecule has 0 radical (unpaired) electrons. The third kappa shape index (κ3) is 3.37. The molecule has 3 heterocycles. The van der Waals surface area contributed by atoms with Crippen molar-refractivity contribution in [3.05, 3.63) is 64.6 Å². The Morgan fingerprint density at radius 3 is 2.93 bits per heavy atom. The molecule has 0 saturated heterocycles. The van der Waals surface area contributed by atoms with E-state index in [1.54, 1.807) is 12.1 Å². The molecule has 2 aromatic carbocycles. The summed E-state index contributed by atoms with van der Waals surface area (Å²) in [5.41, 5.74) is 3.02. The van der Waals surface area contributed by atoms with Crippen LogP contribution in [-0.4, -0.2) is 20.7 Å². The number of aryl methyl sites for hydroxylation is 2. The summed E-state index contributed by atoms with van der Waals surface area (Å²) in [4.78, 5) is 12.9. The van der Waals surface area contributed by atoms with Crippen molar-refractivity contribution < 1.29 is 9.21 Å². The van der Waals surface area contributed by atoms with Crippen LogP contribution in [0.3, 0.4) is 0 Å². The average molecular weight is 421 g/mol. The maximum atomic E-state index is 12.9. The van der Waals surface area contributed by atoms with Gasteiger partial charge in [-0.05, 0) is 50.1 Å². The zero-order chi connectivity index (χ0) is 20.7. The zero-order valence-electron chi connectivity index (χ0n) is 16.6. The van der Waals surface area contributed by atoms with Gasteiger partial charge in [-0.1, -0.05) is 30.2 Å². The largest absolute Gasteiger partial charge is 0.451 e. The number of nitrogens with zero attached hydrogens (tertiary/aromatic N) is 3. The van der Waals surface area contributed by atoms with E-state index in [2.05, 4.69) is 20.1 Å². The van der Waals surface area contributed by atoms with Gasteiger partial charge < -0.3 is 14.3 Å². The minimum absolute atomic E-state index is 0.286. The molecule has 5 rings (SSSR count). The summed E-state index contributed by atoms with van der Waals surface area (Å²) in [6.07, 6.45) is 4.44. The summed E-state index contributed by atoms with van der Waals surface area (Å²) in [5, 5.41) is 13.2. The van der Waals surface area contributed by atoms with Crippen LogP contribution in [0.15, 0.2) is 46.9 Å². The molecule has 0 saturated carbocycles. The van der Waals surface area contributed by atoms with Crippen molar-refractivity contribution in [3.8, 4) is 11.4 Å². The molecule has 0 unspecified atom stereocenters. The Morgan fingerprint density at radius 2 is 2.03 bits per heavy atom. The molecule has 6 nitrogen and oxygen atoms in total. The minimum atomic E-state index is -0.294. The molecule has 0 atom stereocenters. The number of aromatic nitrogens is 3. The number of halogens is 1. The number of hydrogen-bond acceptors (Lipinski definition) is 4. The molecule has 2 aromatic heterocycles. The molecule has 0 aliphatic carbocycles. The molecule has 30 heavy (non-hydrogen) atoms. The first-order valence-corrected chi connectivity index (χ1v) is 10.5. The van der Waals surface area contributed by atoms with E-state index < -0.39 is 0 Å². The summed E-state index contributed by atoms with van der Waals surface area (Å²) >= 11 is 6.08. The van der Waals surface area contributed by atoms with Crippen LogP contribution < -0.4 is 5.32 Å². The fourth-order valence-corrected chi connectivity index (χ4v) is 4.20. The van der Waals surface area contributed by atoms with Gasteiger partial charge in [0, 0.05) is 40.2 Å². The third-order valence-corrected chi connectivity index (χ3v) is 5.83. The van der Waals surface area contributed by atoms with Gasteiger partial charge in [0.25, 0.3) is 5.91 Å². The van der Waals surface area contributed by atoms with Crippen LogP contribution in [0.1, 0.15) is 41.2 Å². The number of rotatable bonds is 3. The molecule has 1 aliphatic rings. The normalized spacial score (nSPS) is 13.8. The lowest BCUT2D eigenvalue weighted by Crippen LogP contribution is -2.12. The van der Waals surface area contributed by atoms with E-state index in [0.29, 0.717) is 16.3 Å². The molecule has 1 aliphatic heterocycles. The highest BCUT2D eigenvalue weighted by atomic mass is 35.5. The van der Waals surface area contributed by atoms with E-state index in [4.69, 9.17) is 16.0 Å². The Balaban J connectivity index is 1.44. The molecule has 1 N–H and O–H groups in total. The van der Waals surface area contributed by atoms with Gasteiger partial charge in [-0.3, -0.25) is 4.79 Å². The SMILES string of the molecule is Cc1c(C(=O)Nc2cccc(-c3nnc4n3CCCCC4)c2)oc2ccc(Cl)cc12. The highest BCUT2D eigenvalue weighted by Crippen LogP contribution is 2.29. The molecule has 4 aromatic rings. The van der Waals surface area contributed by atoms with E-state index in [1.807, 2.05) is 37.3 Å². The molecule has 0 spiro atoms. The number of anilines is 1. The predicted molar refractivity (Wildman–Crippen MR) is 117 cm³/mol. The van der Waals surface area contributed by atoms with Crippen molar-refractivity contribution >= 4 is 34.2 Å². The second-order valence-electron chi connectivity index (χ2n) is 7.63. The van der Waals surface area contributed by atoms with Gasteiger partial charge in [-0.15, -0.1) is 10.2 Å². The molecule has 1 amide bonds. The number of furan rings is 1. The number of carbonyl (C=O) groups excluding carboxylic acids is 1. The minimum Gasteiger partial charge on any atom is -0.451 e. The summed E-state index contributed by atoms with van der Waals surface area (Å²) in [6, 6.07) is 13.0. The predicted octanol–water partition coefficient (Wildman–Crippen LogP) is 5.63. The fraction of sp³-hybridized carbons (Fsp3) is 0.261. The Morgan fingerprint density at radius 1 is 1.13 bits per heavy atom. The molecule has 0 fully saturated rings.